The number of carbonyl (C=O) groups is 1. The molecule has 5 heteroatoms. The van der Waals surface area contributed by atoms with Gasteiger partial charge in [-0.25, -0.2) is 0 Å². The first-order valence-corrected chi connectivity index (χ1v) is 8.50. The number of hydrogen-bond acceptors (Lipinski definition) is 3. The van der Waals surface area contributed by atoms with Gasteiger partial charge in [0.1, 0.15) is 5.75 Å². The molecule has 0 radical (unpaired) electrons. The SMILES string of the molecule is CCOc1ccc(/C=C2\Sc3ccccc3NC2=O)cc1Br. The molecule has 3 nitrogen and oxygen atoms in total. The number of fused-ring (bicyclic) bond motifs is 1. The highest BCUT2D eigenvalue weighted by Gasteiger charge is 2.20. The zero-order valence-electron chi connectivity index (χ0n) is 11.9. The van der Waals surface area contributed by atoms with Gasteiger partial charge in [0.05, 0.1) is 21.7 Å². The molecule has 22 heavy (non-hydrogen) atoms. The lowest BCUT2D eigenvalue weighted by Gasteiger charge is -2.18. The van der Waals surface area contributed by atoms with Crippen LogP contribution >= 0.6 is 27.7 Å². The first-order chi connectivity index (χ1) is 10.7. The zero-order valence-corrected chi connectivity index (χ0v) is 14.3. The smallest absolute Gasteiger partial charge is 0.262 e. The molecule has 0 aliphatic carbocycles. The van der Waals surface area contributed by atoms with Crippen LogP contribution in [0.25, 0.3) is 6.08 Å². The van der Waals surface area contributed by atoms with Crippen molar-refractivity contribution >= 4 is 45.4 Å². The van der Waals surface area contributed by atoms with Crippen LogP contribution < -0.4 is 10.1 Å². The summed E-state index contributed by atoms with van der Waals surface area (Å²) in [6, 6.07) is 13.6. The third-order valence-corrected chi connectivity index (χ3v) is 4.85. The van der Waals surface area contributed by atoms with E-state index in [0.717, 1.165) is 26.4 Å². The number of benzene rings is 2. The molecule has 1 N–H and O–H groups in total. The molecule has 0 spiro atoms. The average Bonchev–Trinajstić information content (AvgIpc) is 2.51. The fourth-order valence-corrected chi connectivity index (χ4v) is 3.60. The molecular weight excluding hydrogens is 362 g/mol. The average molecular weight is 376 g/mol. The lowest BCUT2D eigenvalue weighted by Crippen LogP contribution is -2.17. The predicted molar refractivity (Wildman–Crippen MR) is 94.2 cm³/mol. The summed E-state index contributed by atoms with van der Waals surface area (Å²) < 4.78 is 6.38. The molecule has 0 fully saturated rings. The lowest BCUT2D eigenvalue weighted by molar-refractivity contribution is -0.112. The number of hydrogen-bond donors (Lipinski definition) is 1. The van der Waals surface area contributed by atoms with E-state index in [1.165, 1.54) is 11.8 Å². The Hall–Kier alpha value is -1.72. The van der Waals surface area contributed by atoms with Crippen LogP contribution in [-0.2, 0) is 4.79 Å². The standard InChI is InChI=1S/C17H14BrNO2S/c1-2-21-14-8-7-11(9-12(14)18)10-16-17(20)19-13-5-3-4-6-15(13)22-16/h3-10H,2H2,1H3,(H,19,20)/b16-10-. The van der Waals surface area contributed by atoms with Crippen LogP contribution in [0, 0.1) is 0 Å². The van der Waals surface area contributed by atoms with Crippen LogP contribution in [0.3, 0.4) is 0 Å². The van der Waals surface area contributed by atoms with Gasteiger partial charge < -0.3 is 10.1 Å². The van der Waals surface area contributed by atoms with Crippen LogP contribution in [0.2, 0.25) is 0 Å². The molecule has 0 saturated heterocycles. The van der Waals surface area contributed by atoms with Gasteiger partial charge in [-0.3, -0.25) is 4.79 Å². The van der Waals surface area contributed by atoms with Gasteiger partial charge in [0, 0.05) is 4.90 Å². The summed E-state index contributed by atoms with van der Waals surface area (Å²) in [6.07, 6.45) is 1.89. The minimum absolute atomic E-state index is 0.0753. The van der Waals surface area contributed by atoms with Crippen molar-refractivity contribution in [3.63, 3.8) is 0 Å². The molecule has 2 aromatic carbocycles. The van der Waals surface area contributed by atoms with Crippen molar-refractivity contribution < 1.29 is 9.53 Å². The van der Waals surface area contributed by atoms with Crippen LogP contribution in [-0.4, -0.2) is 12.5 Å². The molecule has 0 aromatic heterocycles. The molecule has 112 valence electrons. The van der Waals surface area contributed by atoms with E-state index in [0.29, 0.717) is 11.5 Å². The second kappa shape index (κ2) is 6.58. The second-order valence-corrected chi connectivity index (χ2v) is 6.62. The van der Waals surface area contributed by atoms with Crippen molar-refractivity contribution in [3.8, 4) is 5.75 Å². The molecule has 0 saturated carbocycles. The number of amides is 1. The summed E-state index contributed by atoms with van der Waals surface area (Å²) in [5.41, 5.74) is 1.81. The number of nitrogens with one attached hydrogen (secondary N) is 1. The minimum atomic E-state index is -0.0753. The van der Waals surface area contributed by atoms with Crippen LogP contribution in [0.15, 0.2) is 56.7 Å². The highest BCUT2D eigenvalue weighted by atomic mass is 79.9. The Morgan fingerprint density at radius 3 is 2.86 bits per heavy atom. The second-order valence-electron chi connectivity index (χ2n) is 4.68. The Balaban J connectivity index is 1.89. The van der Waals surface area contributed by atoms with E-state index in [4.69, 9.17) is 4.74 Å². The maximum Gasteiger partial charge on any atom is 0.262 e. The number of rotatable bonds is 3. The Kier molecular flexibility index (Phi) is 4.55. The number of halogens is 1. The van der Waals surface area contributed by atoms with Crippen molar-refractivity contribution in [2.75, 3.05) is 11.9 Å². The molecule has 1 aliphatic rings. The Morgan fingerprint density at radius 2 is 2.09 bits per heavy atom. The number of para-hydroxylation sites is 1. The van der Waals surface area contributed by atoms with E-state index in [2.05, 4.69) is 21.2 Å². The summed E-state index contributed by atoms with van der Waals surface area (Å²) in [5, 5.41) is 2.91. The van der Waals surface area contributed by atoms with E-state index in [9.17, 15) is 4.79 Å². The van der Waals surface area contributed by atoms with E-state index in [-0.39, 0.29) is 5.91 Å². The van der Waals surface area contributed by atoms with Gasteiger partial charge in [-0.1, -0.05) is 30.0 Å². The lowest BCUT2D eigenvalue weighted by atomic mass is 10.2. The van der Waals surface area contributed by atoms with Crippen molar-refractivity contribution in [2.24, 2.45) is 0 Å². The van der Waals surface area contributed by atoms with Crippen molar-refractivity contribution in [3.05, 3.63) is 57.4 Å². The molecule has 0 atom stereocenters. The number of anilines is 1. The van der Waals surface area contributed by atoms with Gasteiger partial charge in [0.2, 0.25) is 0 Å². The van der Waals surface area contributed by atoms with Gasteiger partial charge in [0.25, 0.3) is 5.91 Å². The molecular formula is C17H14BrNO2S. The zero-order chi connectivity index (χ0) is 15.5. The van der Waals surface area contributed by atoms with Gasteiger partial charge in [-0.15, -0.1) is 0 Å². The van der Waals surface area contributed by atoms with Crippen molar-refractivity contribution in [2.45, 2.75) is 11.8 Å². The maximum absolute atomic E-state index is 12.2. The van der Waals surface area contributed by atoms with Gasteiger partial charge in [-0.05, 0) is 58.8 Å². The Morgan fingerprint density at radius 1 is 1.27 bits per heavy atom. The quantitative estimate of drug-likeness (QED) is 0.772. The van der Waals surface area contributed by atoms with Crippen LogP contribution in [0.4, 0.5) is 5.69 Å². The summed E-state index contributed by atoms with van der Waals surface area (Å²) in [7, 11) is 0. The van der Waals surface area contributed by atoms with Gasteiger partial charge >= 0.3 is 0 Å². The highest BCUT2D eigenvalue weighted by Crippen LogP contribution is 2.39. The normalized spacial score (nSPS) is 15.4. The molecule has 1 heterocycles. The summed E-state index contributed by atoms with van der Waals surface area (Å²) in [4.78, 5) is 13.9. The third kappa shape index (κ3) is 3.20. The fourth-order valence-electron chi connectivity index (χ4n) is 2.13. The number of carbonyl (C=O) groups excluding carboxylic acids is 1. The van der Waals surface area contributed by atoms with Crippen molar-refractivity contribution in [1.29, 1.82) is 0 Å². The molecule has 0 unspecified atom stereocenters. The molecule has 0 bridgehead atoms. The predicted octanol–water partition coefficient (Wildman–Crippen LogP) is 4.93. The molecule has 2 aromatic rings. The summed E-state index contributed by atoms with van der Waals surface area (Å²) in [6.45, 7) is 2.57. The highest BCUT2D eigenvalue weighted by molar-refractivity contribution is 9.10. The Bertz CT molecular complexity index is 758. The summed E-state index contributed by atoms with van der Waals surface area (Å²) >= 11 is 4.98. The summed E-state index contributed by atoms with van der Waals surface area (Å²) in [5.74, 6) is 0.726. The van der Waals surface area contributed by atoms with E-state index in [1.54, 1.807) is 0 Å². The van der Waals surface area contributed by atoms with Crippen LogP contribution in [0.5, 0.6) is 5.75 Å². The van der Waals surface area contributed by atoms with Crippen molar-refractivity contribution in [1.82, 2.24) is 0 Å². The number of ether oxygens (including phenoxy) is 1. The Labute approximate surface area is 141 Å². The van der Waals surface area contributed by atoms with Gasteiger partial charge in [-0.2, -0.15) is 0 Å². The third-order valence-electron chi connectivity index (χ3n) is 3.13. The topological polar surface area (TPSA) is 38.3 Å². The van der Waals surface area contributed by atoms with Gasteiger partial charge in [0.15, 0.2) is 0 Å². The van der Waals surface area contributed by atoms with E-state index >= 15 is 0 Å². The largest absolute Gasteiger partial charge is 0.493 e. The molecule has 3 rings (SSSR count). The molecule has 1 amide bonds. The monoisotopic (exact) mass is 375 g/mol. The minimum Gasteiger partial charge on any atom is -0.493 e. The van der Waals surface area contributed by atoms with Crippen LogP contribution in [0.1, 0.15) is 12.5 Å². The number of thioether (sulfide) groups is 1. The van der Waals surface area contributed by atoms with E-state index < -0.39 is 0 Å². The van der Waals surface area contributed by atoms with E-state index in [1.807, 2.05) is 55.5 Å². The fraction of sp³-hybridized carbons (Fsp3) is 0.118. The first-order valence-electron chi connectivity index (χ1n) is 6.89. The maximum atomic E-state index is 12.2. The first kappa shape index (κ1) is 15.2. The molecule has 1 aliphatic heterocycles.